The third kappa shape index (κ3) is 8.81. The normalized spacial score (nSPS) is 32.3. The predicted molar refractivity (Wildman–Crippen MR) is 193 cm³/mol. The van der Waals surface area contributed by atoms with Crippen molar-refractivity contribution in [1.29, 1.82) is 5.26 Å². The molecule has 52 heavy (non-hydrogen) atoms. The Bertz CT molecular complexity index is 1870. The zero-order valence-corrected chi connectivity index (χ0v) is 31.5. The van der Waals surface area contributed by atoms with Crippen LogP contribution in [0.4, 0.5) is 5.82 Å². The number of nitrogens with one attached hydrogen (secondary N) is 1. The van der Waals surface area contributed by atoms with Gasteiger partial charge in [-0.15, -0.1) is 28.3 Å². The van der Waals surface area contributed by atoms with E-state index in [-0.39, 0.29) is 42.6 Å². The van der Waals surface area contributed by atoms with Gasteiger partial charge in [-0.05, 0) is 51.4 Å². The topological polar surface area (TPSA) is 217 Å². The van der Waals surface area contributed by atoms with Crippen LogP contribution in [0.15, 0.2) is 40.6 Å². The van der Waals surface area contributed by atoms with Crippen molar-refractivity contribution in [1.82, 2.24) is 20.0 Å². The minimum atomic E-state index is -4.41. The number of azo groups is 1. The lowest BCUT2D eigenvalue weighted by Gasteiger charge is -2.41. The Kier molecular flexibility index (Phi) is 12.3. The van der Waals surface area contributed by atoms with Crippen molar-refractivity contribution in [2.24, 2.45) is 16.1 Å². The van der Waals surface area contributed by atoms with Crippen LogP contribution in [0.3, 0.4) is 0 Å². The van der Waals surface area contributed by atoms with E-state index >= 15 is 0 Å². The number of carbonyl (C=O) groups is 1. The van der Waals surface area contributed by atoms with Crippen molar-refractivity contribution in [3.63, 3.8) is 0 Å². The Labute approximate surface area is 313 Å². The van der Waals surface area contributed by atoms with Crippen LogP contribution in [-0.2, 0) is 29.8 Å². The molecule has 284 valence electrons. The third-order valence-electron chi connectivity index (χ3n) is 10.9. The number of nitrogens with zero attached hydrogens (tertiary/aromatic N) is 6. The molecule has 15 nitrogen and oxygen atoms in total. The molecule has 3 aliphatic carbocycles. The second-order valence-electron chi connectivity index (χ2n) is 14.1. The number of nitriles is 1. The molecule has 3 saturated carbocycles. The van der Waals surface area contributed by atoms with E-state index in [0.29, 0.717) is 56.6 Å². The average molecular weight is 801 g/mol. The highest BCUT2D eigenvalue weighted by molar-refractivity contribution is 7.86. The number of hydrogen-bond acceptors (Lipinski definition) is 11. The maximum absolute atomic E-state index is 13.7. The summed E-state index contributed by atoms with van der Waals surface area (Å²) in [6, 6.07) is 9.53. The van der Waals surface area contributed by atoms with Crippen LogP contribution in [0.25, 0.3) is 11.3 Å². The van der Waals surface area contributed by atoms with E-state index < -0.39 is 65.5 Å². The summed E-state index contributed by atoms with van der Waals surface area (Å²) in [4.78, 5) is 16.0. The molecular weight excluding hydrogens is 757 g/mol. The molecule has 1 aromatic carbocycles. The minimum Gasteiger partial charge on any atom is -0.379 e. The molecular formula is C33H43Cl2N7O8S2. The lowest BCUT2D eigenvalue weighted by atomic mass is 9.84. The minimum absolute atomic E-state index is 0.0302. The molecule has 0 radical (unpaired) electrons. The molecule has 7 unspecified atom stereocenters. The van der Waals surface area contributed by atoms with Gasteiger partial charge in [0, 0.05) is 30.6 Å². The van der Waals surface area contributed by atoms with Crippen molar-refractivity contribution >= 4 is 55.2 Å². The van der Waals surface area contributed by atoms with Crippen molar-refractivity contribution in [2.45, 2.75) is 103 Å². The first-order valence-corrected chi connectivity index (χ1v) is 21.4. The first-order chi connectivity index (χ1) is 24.7. The van der Waals surface area contributed by atoms with Crippen LogP contribution in [0.5, 0.6) is 0 Å². The van der Waals surface area contributed by atoms with Gasteiger partial charge in [-0.2, -0.15) is 32.3 Å². The monoisotopic (exact) mass is 799 g/mol. The molecule has 6 rings (SSSR count). The number of alkyl halides is 2. The highest BCUT2D eigenvalue weighted by Gasteiger charge is 2.44. The first kappa shape index (κ1) is 39.0. The fourth-order valence-corrected chi connectivity index (χ4v) is 11.2. The van der Waals surface area contributed by atoms with Crippen molar-refractivity contribution in [2.75, 3.05) is 26.3 Å². The largest absolute Gasteiger partial charge is 0.379 e. The van der Waals surface area contributed by atoms with Crippen LogP contribution >= 0.6 is 23.2 Å². The molecule has 19 heteroatoms. The molecule has 1 saturated heterocycles. The zero-order chi connectivity index (χ0) is 37.2. The maximum Gasteiger partial charge on any atom is 0.267 e. The van der Waals surface area contributed by atoms with E-state index in [4.69, 9.17) is 38.2 Å². The number of benzene rings is 1. The molecule has 7 atom stereocenters. The molecule has 2 aromatic rings. The highest BCUT2D eigenvalue weighted by Crippen LogP contribution is 2.43. The van der Waals surface area contributed by atoms with Gasteiger partial charge in [0.25, 0.3) is 20.2 Å². The maximum atomic E-state index is 13.7. The molecule has 2 heterocycles. The molecule has 1 aromatic heterocycles. The summed E-state index contributed by atoms with van der Waals surface area (Å²) >= 11 is 13.6. The standard InChI is InChI=1S/C33H43Cl2N7O8S2/c34-26-17-24(52(47,48)49)18-27(35)31(26)42-32(25(19-36)30(40-42)20-5-2-1-3-6-20)39-38-28-10-9-22(41-11-13-50-14-12-41)16-29(28)37-33(43)21-7-4-8-23(15-21)51(44,45)46/h1-3,5-6,21-24,26-29,31H,4,7-18H2,(H,37,43)(H,44,45,46)(H,47,48,49). The lowest BCUT2D eigenvalue weighted by molar-refractivity contribution is -0.127. The molecule has 4 aliphatic rings. The number of rotatable bonds is 9. The summed E-state index contributed by atoms with van der Waals surface area (Å²) in [5.74, 6) is -0.821. The van der Waals surface area contributed by atoms with Crippen LogP contribution in [0.2, 0.25) is 0 Å². The van der Waals surface area contributed by atoms with Gasteiger partial charge in [-0.1, -0.05) is 36.8 Å². The predicted octanol–water partition coefficient (Wildman–Crippen LogP) is 4.50. The van der Waals surface area contributed by atoms with Crippen LogP contribution in [0.1, 0.15) is 69.4 Å². The second-order valence-corrected chi connectivity index (χ2v) is 18.6. The SMILES string of the molecule is N#Cc1c(-c2ccccc2)nn(C2C(Cl)CC(S(=O)(=O)O)CC2Cl)c1N=NC1CCC(N2CCOCC2)CC1NC(=O)C1CCCC(S(=O)(=O)O)C1. The molecule has 1 amide bonds. The molecule has 4 fully saturated rings. The van der Waals surface area contributed by atoms with Gasteiger partial charge in [-0.25, -0.2) is 4.68 Å². The summed E-state index contributed by atoms with van der Waals surface area (Å²) in [5, 5.41) is 23.8. The van der Waals surface area contributed by atoms with Gasteiger partial charge in [0.15, 0.2) is 5.82 Å². The molecule has 0 bridgehead atoms. The quantitative estimate of drug-likeness (QED) is 0.182. The van der Waals surface area contributed by atoms with Crippen LogP contribution in [-0.4, -0.2) is 112 Å². The van der Waals surface area contributed by atoms with E-state index in [1.54, 1.807) is 24.3 Å². The van der Waals surface area contributed by atoms with E-state index in [1.165, 1.54) is 4.68 Å². The number of aromatic nitrogens is 2. The third-order valence-corrected chi connectivity index (χ3v) is 14.2. The van der Waals surface area contributed by atoms with E-state index in [0.717, 1.165) is 19.5 Å². The highest BCUT2D eigenvalue weighted by atomic mass is 35.5. The fraction of sp³-hybridized carbons (Fsp3) is 0.667. The van der Waals surface area contributed by atoms with Crippen molar-refractivity contribution in [3.8, 4) is 17.3 Å². The van der Waals surface area contributed by atoms with Gasteiger partial charge in [0.2, 0.25) is 5.91 Å². The number of carbonyl (C=O) groups excluding carboxylic acids is 1. The van der Waals surface area contributed by atoms with Gasteiger partial charge in [0.05, 0.1) is 52.6 Å². The number of ether oxygens (including phenoxy) is 1. The first-order valence-electron chi connectivity index (χ1n) is 17.6. The summed E-state index contributed by atoms with van der Waals surface area (Å²) in [7, 11) is -8.69. The summed E-state index contributed by atoms with van der Waals surface area (Å²) < 4.78 is 74.3. The molecule has 0 spiro atoms. The van der Waals surface area contributed by atoms with E-state index in [2.05, 4.69) is 21.4 Å². The Morgan fingerprint density at radius 3 is 2.25 bits per heavy atom. The van der Waals surface area contributed by atoms with Crippen LogP contribution in [0, 0.1) is 17.2 Å². The average Bonchev–Trinajstić information content (AvgIpc) is 3.48. The number of hydrogen-bond donors (Lipinski definition) is 3. The zero-order valence-electron chi connectivity index (χ0n) is 28.4. The van der Waals surface area contributed by atoms with Gasteiger partial charge < -0.3 is 10.1 Å². The Hall–Kier alpha value is -2.69. The van der Waals surface area contributed by atoms with Gasteiger partial charge in [-0.3, -0.25) is 18.8 Å². The van der Waals surface area contributed by atoms with E-state index in [1.807, 2.05) is 6.07 Å². The lowest BCUT2D eigenvalue weighted by Crippen LogP contribution is -2.54. The Balaban J connectivity index is 1.33. The number of amides is 1. The second kappa shape index (κ2) is 16.4. The number of morpholine rings is 1. The Morgan fingerprint density at radius 1 is 0.942 bits per heavy atom. The Morgan fingerprint density at radius 2 is 1.62 bits per heavy atom. The summed E-state index contributed by atoms with van der Waals surface area (Å²) in [6.07, 6.45) is 2.97. The summed E-state index contributed by atoms with van der Waals surface area (Å²) in [6.45, 7) is 2.72. The van der Waals surface area contributed by atoms with Crippen molar-refractivity contribution < 1.29 is 35.5 Å². The number of halogens is 2. The smallest absolute Gasteiger partial charge is 0.267 e. The van der Waals surface area contributed by atoms with Crippen LogP contribution < -0.4 is 5.32 Å². The van der Waals surface area contributed by atoms with E-state index in [9.17, 15) is 36.0 Å². The molecule has 3 N–H and O–H groups in total. The van der Waals surface area contributed by atoms with Crippen molar-refractivity contribution in [3.05, 3.63) is 35.9 Å². The summed E-state index contributed by atoms with van der Waals surface area (Å²) in [5.41, 5.74) is 1.05. The van der Waals surface area contributed by atoms with Gasteiger partial charge in [0.1, 0.15) is 17.3 Å². The fourth-order valence-electron chi connectivity index (χ4n) is 8.07. The van der Waals surface area contributed by atoms with Gasteiger partial charge >= 0.3 is 0 Å². The molecule has 1 aliphatic heterocycles.